The number of sulfonamides is 1. The SMILES string of the molecule is CN=C(NCCCOCC1CCOCC1)NCCNS(=O)(=O)c1cccnc1. The Bertz CT molecular complexity index is 678. The van der Waals surface area contributed by atoms with Crippen LogP contribution in [0.5, 0.6) is 0 Å². The summed E-state index contributed by atoms with van der Waals surface area (Å²) in [6.07, 6.45) is 5.89. The molecule has 0 atom stereocenters. The average molecular weight is 414 g/mol. The standard InChI is InChI=1S/C18H31N5O4S/c1-19-18(21-8-3-11-27-15-16-5-12-26-13-6-16)22-9-10-23-28(24,25)17-4-2-7-20-14-17/h2,4,7,14,16,23H,3,5-6,8-13,15H2,1H3,(H2,19,21,22). The number of pyridine rings is 1. The maximum absolute atomic E-state index is 12.1. The molecule has 0 aromatic carbocycles. The Morgan fingerprint density at radius 3 is 2.79 bits per heavy atom. The number of aromatic nitrogens is 1. The number of nitrogens with zero attached hydrogens (tertiary/aromatic N) is 2. The molecule has 1 fully saturated rings. The molecule has 1 aliphatic rings. The number of aliphatic imine (C=N–C) groups is 1. The van der Waals surface area contributed by atoms with Gasteiger partial charge in [0.05, 0.1) is 0 Å². The normalized spacial score (nSPS) is 16.1. The molecule has 1 aromatic rings. The monoisotopic (exact) mass is 413 g/mol. The molecule has 0 saturated carbocycles. The lowest BCUT2D eigenvalue weighted by Crippen LogP contribution is -2.42. The van der Waals surface area contributed by atoms with Crippen LogP contribution in [0.4, 0.5) is 0 Å². The van der Waals surface area contributed by atoms with Gasteiger partial charge in [-0.3, -0.25) is 9.98 Å². The maximum Gasteiger partial charge on any atom is 0.242 e. The Labute approximate surface area is 167 Å². The van der Waals surface area contributed by atoms with E-state index in [1.54, 1.807) is 13.1 Å². The molecular weight excluding hydrogens is 382 g/mol. The van der Waals surface area contributed by atoms with Gasteiger partial charge < -0.3 is 20.1 Å². The Morgan fingerprint density at radius 1 is 1.29 bits per heavy atom. The first kappa shape index (κ1) is 22.5. The summed E-state index contributed by atoms with van der Waals surface area (Å²) in [6.45, 7) is 4.58. The molecule has 2 rings (SSSR count). The fraction of sp³-hybridized carbons (Fsp3) is 0.667. The molecule has 0 unspecified atom stereocenters. The van der Waals surface area contributed by atoms with Crippen molar-refractivity contribution < 1.29 is 17.9 Å². The Balaban J connectivity index is 1.52. The van der Waals surface area contributed by atoms with Gasteiger partial charge in [-0.05, 0) is 37.3 Å². The van der Waals surface area contributed by atoms with E-state index in [1.807, 2.05) is 0 Å². The molecule has 0 aliphatic carbocycles. The number of hydrogen-bond donors (Lipinski definition) is 3. The molecule has 158 valence electrons. The highest BCUT2D eigenvalue weighted by Gasteiger charge is 2.14. The van der Waals surface area contributed by atoms with Crippen LogP contribution in [0.3, 0.4) is 0 Å². The third kappa shape index (κ3) is 8.51. The van der Waals surface area contributed by atoms with Crippen molar-refractivity contribution in [3.05, 3.63) is 24.5 Å². The highest BCUT2D eigenvalue weighted by Crippen LogP contribution is 2.14. The molecule has 3 N–H and O–H groups in total. The fourth-order valence-corrected chi connectivity index (χ4v) is 3.72. The minimum Gasteiger partial charge on any atom is -0.381 e. The van der Waals surface area contributed by atoms with E-state index in [0.717, 1.165) is 45.6 Å². The number of ether oxygens (including phenoxy) is 2. The molecule has 2 heterocycles. The fourth-order valence-electron chi connectivity index (χ4n) is 2.72. The second-order valence-electron chi connectivity index (χ2n) is 6.50. The Morgan fingerprint density at radius 2 is 2.07 bits per heavy atom. The van der Waals surface area contributed by atoms with Gasteiger partial charge in [0.25, 0.3) is 0 Å². The third-order valence-electron chi connectivity index (χ3n) is 4.33. The van der Waals surface area contributed by atoms with Crippen LogP contribution >= 0.6 is 0 Å². The highest BCUT2D eigenvalue weighted by atomic mass is 32.2. The molecule has 1 aliphatic heterocycles. The van der Waals surface area contributed by atoms with Gasteiger partial charge in [0.15, 0.2) is 5.96 Å². The first-order valence-corrected chi connectivity index (χ1v) is 11.1. The van der Waals surface area contributed by atoms with Crippen molar-refractivity contribution in [3.8, 4) is 0 Å². The molecule has 0 spiro atoms. The zero-order chi connectivity index (χ0) is 20.1. The predicted molar refractivity (Wildman–Crippen MR) is 108 cm³/mol. The van der Waals surface area contributed by atoms with Gasteiger partial charge in [0.1, 0.15) is 4.90 Å². The van der Waals surface area contributed by atoms with Crippen molar-refractivity contribution in [2.45, 2.75) is 24.2 Å². The molecule has 0 radical (unpaired) electrons. The summed E-state index contributed by atoms with van der Waals surface area (Å²) < 4.78 is 37.8. The molecule has 0 amide bonds. The largest absolute Gasteiger partial charge is 0.381 e. The van der Waals surface area contributed by atoms with Crippen LogP contribution in [0.25, 0.3) is 0 Å². The Hall–Kier alpha value is -1.75. The highest BCUT2D eigenvalue weighted by molar-refractivity contribution is 7.89. The molecule has 9 nitrogen and oxygen atoms in total. The van der Waals surface area contributed by atoms with Crippen molar-refractivity contribution in [2.75, 3.05) is 53.1 Å². The van der Waals surface area contributed by atoms with Gasteiger partial charge in [0.2, 0.25) is 10.0 Å². The summed E-state index contributed by atoms with van der Waals surface area (Å²) in [6, 6.07) is 3.10. The van der Waals surface area contributed by atoms with Gasteiger partial charge >= 0.3 is 0 Å². The number of rotatable bonds is 11. The molecule has 28 heavy (non-hydrogen) atoms. The number of hydrogen-bond acceptors (Lipinski definition) is 6. The summed E-state index contributed by atoms with van der Waals surface area (Å²) in [7, 11) is -1.86. The van der Waals surface area contributed by atoms with Crippen molar-refractivity contribution in [1.82, 2.24) is 20.3 Å². The topological polar surface area (TPSA) is 114 Å². The zero-order valence-corrected chi connectivity index (χ0v) is 17.2. The minimum absolute atomic E-state index is 0.151. The van der Waals surface area contributed by atoms with Gasteiger partial charge in [-0.25, -0.2) is 13.1 Å². The van der Waals surface area contributed by atoms with Gasteiger partial charge in [0, 0.05) is 65.5 Å². The molecule has 1 aromatic heterocycles. The Kier molecular flexibility index (Phi) is 10.2. The van der Waals surface area contributed by atoms with Crippen LogP contribution in [0.1, 0.15) is 19.3 Å². The lowest BCUT2D eigenvalue weighted by molar-refractivity contribution is 0.0203. The summed E-state index contributed by atoms with van der Waals surface area (Å²) >= 11 is 0. The van der Waals surface area contributed by atoms with Crippen molar-refractivity contribution in [2.24, 2.45) is 10.9 Å². The first-order valence-electron chi connectivity index (χ1n) is 9.61. The van der Waals surface area contributed by atoms with Crippen LogP contribution in [0.15, 0.2) is 34.4 Å². The second kappa shape index (κ2) is 12.7. The maximum atomic E-state index is 12.1. The van der Waals surface area contributed by atoms with Crippen LogP contribution in [-0.2, 0) is 19.5 Å². The molecule has 0 bridgehead atoms. The summed E-state index contributed by atoms with van der Waals surface area (Å²) in [4.78, 5) is 8.10. The lowest BCUT2D eigenvalue weighted by atomic mass is 10.0. The second-order valence-corrected chi connectivity index (χ2v) is 8.26. The predicted octanol–water partition coefficient (Wildman–Crippen LogP) is 0.358. The minimum atomic E-state index is -3.54. The van der Waals surface area contributed by atoms with E-state index in [1.165, 1.54) is 18.5 Å². The van der Waals surface area contributed by atoms with E-state index in [2.05, 4.69) is 25.3 Å². The van der Waals surface area contributed by atoms with Crippen molar-refractivity contribution in [3.63, 3.8) is 0 Å². The lowest BCUT2D eigenvalue weighted by Gasteiger charge is -2.21. The number of nitrogens with one attached hydrogen (secondary N) is 3. The van der Waals surface area contributed by atoms with Crippen molar-refractivity contribution >= 4 is 16.0 Å². The summed E-state index contributed by atoms with van der Waals surface area (Å²) in [5.41, 5.74) is 0. The smallest absolute Gasteiger partial charge is 0.242 e. The van der Waals surface area contributed by atoms with Gasteiger partial charge in [-0.1, -0.05) is 0 Å². The van der Waals surface area contributed by atoms with Crippen molar-refractivity contribution in [1.29, 1.82) is 0 Å². The van der Waals surface area contributed by atoms with Crippen LogP contribution in [-0.4, -0.2) is 72.5 Å². The van der Waals surface area contributed by atoms with Crippen LogP contribution < -0.4 is 15.4 Å². The van der Waals surface area contributed by atoms with E-state index in [4.69, 9.17) is 9.47 Å². The van der Waals surface area contributed by atoms with Crippen LogP contribution in [0.2, 0.25) is 0 Å². The third-order valence-corrected chi connectivity index (χ3v) is 5.78. The summed E-state index contributed by atoms with van der Waals surface area (Å²) in [5.74, 6) is 1.25. The number of guanidine groups is 1. The van der Waals surface area contributed by atoms with E-state index in [0.29, 0.717) is 25.0 Å². The molecular formula is C18H31N5O4S. The molecule has 1 saturated heterocycles. The van der Waals surface area contributed by atoms with E-state index < -0.39 is 10.0 Å². The average Bonchev–Trinajstić information content (AvgIpc) is 2.73. The zero-order valence-electron chi connectivity index (χ0n) is 16.4. The summed E-state index contributed by atoms with van der Waals surface area (Å²) in [5, 5.41) is 6.27. The van der Waals surface area contributed by atoms with Gasteiger partial charge in [-0.2, -0.15) is 0 Å². The van der Waals surface area contributed by atoms with E-state index in [9.17, 15) is 8.42 Å². The molecule has 10 heteroatoms. The van der Waals surface area contributed by atoms with Crippen LogP contribution in [0, 0.1) is 5.92 Å². The quantitative estimate of drug-likeness (QED) is 0.273. The first-order chi connectivity index (χ1) is 13.6. The van der Waals surface area contributed by atoms with E-state index >= 15 is 0 Å². The van der Waals surface area contributed by atoms with Gasteiger partial charge in [-0.15, -0.1) is 0 Å². The van der Waals surface area contributed by atoms with E-state index in [-0.39, 0.29) is 11.4 Å².